The van der Waals surface area contributed by atoms with Crippen molar-refractivity contribution < 1.29 is 8.53 Å². The Bertz CT molecular complexity index is 1540. The third kappa shape index (κ3) is 4.75. The van der Waals surface area contributed by atoms with Crippen LogP contribution in [-0.2, 0) is 0 Å². The van der Waals surface area contributed by atoms with Gasteiger partial charge < -0.3 is 9.83 Å². The molecule has 0 atom stereocenters. The summed E-state index contributed by atoms with van der Waals surface area (Å²) in [7, 11) is 0. The number of hydrogen-bond donors (Lipinski definition) is 1. The quantitative estimate of drug-likeness (QED) is 0.231. The van der Waals surface area contributed by atoms with E-state index < -0.39 is 6.85 Å². The van der Waals surface area contributed by atoms with Gasteiger partial charge in [-0.2, -0.15) is 0 Å². The SMILES string of the molecule is [2H]C([2H])([2H])c1ccc2c(c1)oc1c(/C(C)=C/C(=C\C=N)c3ccc(C4CCC(C)(C)CC4)cc3)cccc12. The van der Waals surface area contributed by atoms with Crippen LogP contribution in [0.2, 0.25) is 0 Å². The summed E-state index contributed by atoms with van der Waals surface area (Å²) in [6.07, 6.45) is 10.3. The molecule has 1 saturated carbocycles. The maximum atomic E-state index is 7.75. The van der Waals surface area contributed by atoms with Gasteiger partial charge in [-0.3, -0.25) is 0 Å². The summed E-state index contributed by atoms with van der Waals surface area (Å²) in [6, 6.07) is 20.0. The molecule has 4 aromatic rings. The van der Waals surface area contributed by atoms with Crippen molar-refractivity contribution in [2.45, 2.75) is 59.2 Å². The molecule has 0 radical (unpaired) electrons. The molecule has 1 aliphatic rings. The molecule has 1 aromatic heterocycles. The standard InChI is InChI=1S/C33H35NO/c1-22-8-13-29-30-7-5-6-28(32(30)35-31(29)20-22)23(2)21-27(16-19-34)25-11-9-24(10-12-25)26-14-17-33(3,4)18-15-26/h5-13,16,19-21,26,34H,14-15,17-18H2,1-4H3/b23-21+,27-16+,34-19?/i1D3. The Morgan fingerprint density at radius 1 is 1.03 bits per heavy atom. The first-order chi connectivity index (χ1) is 18.1. The lowest BCUT2D eigenvalue weighted by Gasteiger charge is -2.34. The summed E-state index contributed by atoms with van der Waals surface area (Å²) in [5.74, 6) is 0.626. The number of benzene rings is 3. The van der Waals surface area contributed by atoms with Crippen LogP contribution >= 0.6 is 0 Å². The van der Waals surface area contributed by atoms with Crippen molar-refractivity contribution in [1.82, 2.24) is 0 Å². The van der Waals surface area contributed by atoms with Gasteiger partial charge >= 0.3 is 0 Å². The molecule has 0 unspecified atom stereocenters. The Hall–Kier alpha value is -3.39. The van der Waals surface area contributed by atoms with Crippen molar-refractivity contribution in [3.8, 4) is 0 Å². The van der Waals surface area contributed by atoms with Crippen LogP contribution in [0.15, 0.2) is 77.2 Å². The number of nitrogens with one attached hydrogen (secondary N) is 1. The first-order valence-electron chi connectivity index (χ1n) is 14.0. The number of rotatable bonds is 5. The molecule has 0 spiro atoms. The largest absolute Gasteiger partial charge is 0.455 e. The predicted molar refractivity (Wildman–Crippen MR) is 150 cm³/mol. The number of fused-ring (bicyclic) bond motifs is 3. The van der Waals surface area contributed by atoms with Gasteiger partial charge in [-0.15, -0.1) is 0 Å². The van der Waals surface area contributed by atoms with E-state index in [2.05, 4.69) is 44.2 Å². The highest BCUT2D eigenvalue weighted by Gasteiger charge is 2.27. The Kier molecular flexibility index (Phi) is 5.30. The summed E-state index contributed by atoms with van der Waals surface area (Å²) in [4.78, 5) is 0. The van der Waals surface area contributed by atoms with Crippen LogP contribution in [0, 0.1) is 17.7 Å². The van der Waals surface area contributed by atoms with Crippen LogP contribution in [-0.4, -0.2) is 6.21 Å². The number of furan rings is 1. The molecule has 0 saturated heterocycles. The van der Waals surface area contributed by atoms with Crippen LogP contribution in [0.4, 0.5) is 0 Å². The summed E-state index contributed by atoms with van der Waals surface area (Å²) in [5, 5.41) is 9.61. The lowest BCUT2D eigenvalue weighted by Crippen LogP contribution is -2.20. The Morgan fingerprint density at radius 2 is 1.80 bits per heavy atom. The third-order valence-electron chi connectivity index (χ3n) is 7.61. The van der Waals surface area contributed by atoms with Gasteiger partial charge in [0.1, 0.15) is 11.2 Å². The molecule has 1 aliphatic carbocycles. The molecule has 0 aliphatic heterocycles. The number of hydrogen-bond acceptors (Lipinski definition) is 2. The maximum Gasteiger partial charge on any atom is 0.142 e. The number of aryl methyl sites for hydroxylation is 1. The number of allylic oxidation sites excluding steroid dienone is 4. The van der Waals surface area contributed by atoms with E-state index in [1.54, 1.807) is 12.1 Å². The summed E-state index contributed by atoms with van der Waals surface area (Å²) < 4.78 is 29.4. The second-order valence-corrected chi connectivity index (χ2v) is 10.7. The fourth-order valence-electron chi connectivity index (χ4n) is 5.42. The lowest BCUT2D eigenvalue weighted by molar-refractivity contribution is 0.224. The summed E-state index contributed by atoms with van der Waals surface area (Å²) in [6.45, 7) is 4.61. The Labute approximate surface area is 213 Å². The fraction of sp³-hybridized carbons (Fsp3) is 0.303. The molecule has 1 heterocycles. The normalized spacial score (nSPS) is 18.9. The zero-order chi connectivity index (χ0) is 27.1. The lowest BCUT2D eigenvalue weighted by atomic mass is 9.71. The molecule has 3 aromatic carbocycles. The van der Waals surface area contributed by atoms with Crippen LogP contribution in [0.25, 0.3) is 33.1 Å². The van der Waals surface area contributed by atoms with Gasteiger partial charge in [-0.25, -0.2) is 0 Å². The topological polar surface area (TPSA) is 37.0 Å². The Morgan fingerprint density at radius 3 is 2.51 bits per heavy atom. The van der Waals surface area contributed by atoms with Gasteiger partial charge in [0.25, 0.3) is 0 Å². The van der Waals surface area contributed by atoms with Crippen LogP contribution in [0.5, 0.6) is 0 Å². The first-order valence-corrected chi connectivity index (χ1v) is 12.5. The van der Waals surface area contributed by atoms with Gasteiger partial charge in [0.2, 0.25) is 0 Å². The third-order valence-corrected chi connectivity index (χ3v) is 7.61. The smallest absolute Gasteiger partial charge is 0.142 e. The minimum atomic E-state index is -2.18. The highest BCUT2D eigenvalue weighted by atomic mass is 16.3. The van der Waals surface area contributed by atoms with Crippen LogP contribution < -0.4 is 0 Å². The van der Waals surface area contributed by atoms with Crippen LogP contribution in [0.3, 0.4) is 0 Å². The van der Waals surface area contributed by atoms with E-state index in [1.807, 2.05) is 37.3 Å². The van der Waals surface area contributed by atoms with Crippen molar-refractivity contribution in [3.05, 3.63) is 95.1 Å². The van der Waals surface area contributed by atoms with Crippen molar-refractivity contribution in [3.63, 3.8) is 0 Å². The highest BCUT2D eigenvalue weighted by Crippen LogP contribution is 2.42. The summed E-state index contributed by atoms with van der Waals surface area (Å²) in [5.41, 5.74) is 7.45. The molecule has 5 rings (SSSR count). The van der Waals surface area contributed by atoms with E-state index in [1.165, 1.54) is 37.5 Å². The predicted octanol–water partition coefficient (Wildman–Crippen LogP) is 9.71. The molecule has 2 heteroatoms. The van der Waals surface area contributed by atoms with E-state index in [4.69, 9.17) is 13.9 Å². The zero-order valence-electron chi connectivity index (χ0n) is 23.8. The fourth-order valence-corrected chi connectivity index (χ4v) is 5.42. The molecule has 1 N–H and O–H groups in total. The zero-order valence-corrected chi connectivity index (χ0v) is 20.8. The molecule has 0 amide bonds. The van der Waals surface area contributed by atoms with Gasteiger partial charge in [0.05, 0.1) is 0 Å². The molecule has 1 fully saturated rings. The average molecular weight is 465 g/mol. The first kappa shape index (κ1) is 19.9. The van der Waals surface area contributed by atoms with Crippen LogP contribution in [0.1, 0.15) is 78.7 Å². The van der Waals surface area contributed by atoms with Crippen molar-refractivity contribution in [1.29, 1.82) is 5.41 Å². The van der Waals surface area contributed by atoms with E-state index in [0.717, 1.165) is 38.6 Å². The van der Waals surface area contributed by atoms with Gasteiger partial charge in [-0.05, 0) is 90.8 Å². The minimum Gasteiger partial charge on any atom is -0.455 e. The second kappa shape index (κ2) is 9.34. The second-order valence-electron chi connectivity index (χ2n) is 10.7. The van der Waals surface area contributed by atoms with Gasteiger partial charge in [0, 0.05) is 26.7 Å². The van der Waals surface area contributed by atoms with Gasteiger partial charge in [0.15, 0.2) is 0 Å². The van der Waals surface area contributed by atoms with E-state index in [9.17, 15) is 0 Å². The Balaban J connectivity index is 1.47. The maximum absolute atomic E-state index is 7.75. The van der Waals surface area contributed by atoms with Crippen molar-refractivity contribution in [2.24, 2.45) is 5.41 Å². The van der Waals surface area contributed by atoms with E-state index >= 15 is 0 Å². The monoisotopic (exact) mass is 464 g/mol. The minimum absolute atomic E-state index is 0.273. The van der Waals surface area contributed by atoms with E-state index in [0.29, 0.717) is 16.9 Å². The highest BCUT2D eigenvalue weighted by molar-refractivity contribution is 6.08. The molecular weight excluding hydrogens is 426 g/mol. The molecule has 35 heavy (non-hydrogen) atoms. The van der Waals surface area contributed by atoms with Crippen molar-refractivity contribution in [2.75, 3.05) is 0 Å². The molecule has 0 bridgehead atoms. The average Bonchev–Trinajstić information content (AvgIpc) is 3.26. The molecule has 2 nitrogen and oxygen atoms in total. The van der Waals surface area contributed by atoms with E-state index in [-0.39, 0.29) is 5.56 Å². The van der Waals surface area contributed by atoms with Crippen molar-refractivity contribution >= 4 is 39.3 Å². The molecular formula is C33H35NO. The molecule has 178 valence electrons. The van der Waals surface area contributed by atoms with Gasteiger partial charge in [-0.1, -0.05) is 74.5 Å². The summed E-state index contributed by atoms with van der Waals surface area (Å²) >= 11 is 0. The number of para-hydroxylation sites is 1.